The summed E-state index contributed by atoms with van der Waals surface area (Å²) < 4.78 is 5.23. The molecule has 3 N–H and O–H groups in total. The second-order valence-electron chi connectivity index (χ2n) is 4.67. The van der Waals surface area contributed by atoms with Crippen LogP contribution in [0.1, 0.15) is 19.3 Å². The fraction of sp³-hybridized carbons (Fsp3) is 0.818. The van der Waals surface area contributed by atoms with Gasteiger partial charge in [-0.25, -0.2) is 4.79 Å². The molecule has 0 bridgehead atoms. The first kappa shape index (κ1) is 12.6. The van der Waals surface area contributed by atoms with Crippen LogP contribution in [-0.4, -0.2) is 48.3 Å². The van der Waals surface area contributed by atoms with Crippen LogP contribution in [0.5, 0.6) is 0 Å². The number of rotatable bonds is 2. The van der Waals surface area contributed by atoms with Gasteiger partial charge in [-0.1, -0.05) is 12.2 Å². The molecule has 1 unspecified atom stereocenters. The molecule has 2 rings (SSSR count). The zero-order chi connectivity index (χ0) is 12.3. The Hall–Kier alpha value is -0.880. The van der Waals surface area contributed by atoms with Gasteiger partial charge in [0, 0.05) is 25.6 Å². The number of urea groups is 1. The maximum absolute atomic E-state index is 11.9. The van der Waals surface area contributed by atoms with Crippen molar-refractivity contribution in [2.24, 2.45) is 11.7 Å². The number of ether oxygens (including phenoxy) is 1. The summed E-state index contributed by atoms with van der Waals surface area (Å²) >= 11 is 4.98. The fourth-order valence-corrected chi connectivity index (χ4v) is 2.52. The number of carbonyl (C=O) groups is 1. The van der Waals surface area contributed by atoms with Crippen LogP contribution < -0.4 is 11.1 Å². The van der Waals surface area contributed by atoms with E-state index in [1.165, 1.54) is 0 Å². The lowest BCUT2D eigenvalue weighted by Crippen LogP contribution is -2.49. The Balaban J connectivity index is 1.75. The van der Waals surface area contributed by atoms with Gasteiger partial charge in [0.1, 0.15) is 0 Å². The molecule has 1 atom stereocenters. The second kappa shape index (κ2) is 5.64. The van der Waals surface area contributed by atoms with Crippen LogP contribution in [0.2, 0.25) is 0 Å². The number of carbonyl (C=O) groups excluding carboxylic acids is 1. The van der Waals surface area contributed by atoms with Gasteiger partial charge in [-0.3, -0.25) is 0 Å². The van der Waals surface area contributed by atoms with E-state index in [1.807, 2.05) is 4.90 Å². The van der Waals surface area contributed by atoms with Crippen LogP contribution in [0.15, 0.2) is 0 Å². The highest BCUT2D eigenvalue weighted by atomic mass is 32.1. The largest absolute Gasteiger partial charge is 0.393 e. The number of nitrogens with zero attached hydrogens (tertiary/aromatic N) is 1. The number of hydrogen-bond donors (Lipinski definition) is 2. The van der Waals surface area contributed by atoms with Gasteiger partial charge in [-0.15, -0.1) is 0 Å². The third kappa shape index (κ3) is 3.29. The van der Waals surface area contributed by atoms with E-state index in [9.17, 15) is 4.79 Å². The number of piperidine rings is 1. The summed E-state index contributed by atoms with van der Waals surface area (Å²) in [4.78, 5) is 14.3. The van der Waals surface area contributed by atoms with Gasteiger partial charge in [0.15, 0.2) is 0 Å². The molecule has 2 saturated heterocycles. The van der Waals surface area contributed by atoms with Crippen LogP contribution in [0.25, 0.3) is 0 Å². The molecular weight excluding hydrogens is 238 g/mol. The van der Waals surface area contributed by atoms with Gasteiger partial charge in [0.25, 0.3) is 0 Å². The van der Waals surface area contributed by atoms with Crippen LogP contribution >= 0.6 is 12.2 Å². The lowest BCUT2D eigenvalue weighted by molar-refractivity contribution is 0.168. The Morgan fingerprint density at radius 2 is 2.06 bits per heavy atom. The molecule has 0 aromatic rings. The normalized spacial score (nSPS) is 25.9. The minimum atomic E-state index is 0.0156. The van der Waals surface area contributed by atoms with E-state index in [0.717, 1.165) is 39.0 Å². The number of likely N-dealkylation sites (tertiary alicyclic amines) is 1. The molecular formula is C11H19N3O2S. The molecule has 0 aliphatic carbocycles. The van der Waals surface area contributed by atoms with Crippen molar-refractivity contribution >= 4 is 23.2 Å². The van der Waals surface area contributed by atoms with E-state index >= 15 is 0 Å². The molecule has 2 aliphatic heterocycles. The van der Waals surface area contributed by atoms with E-state index in [-0.39, 0.29) is 12.1 Å². The first-order valence-electron chi connectivity index (χ1n) is 6.09. The molecule has 96 valence electrons. The van der Waals surface area contributed by atoms with Crippen LogP contribution in [-0.2, 0) is 4.74 Å². The molecule has 2 fully saturated rings. The highest BCUT2D eigenvalue weighted by Gasteiger charge is 2.26. The average Bonchev–Trinajstić information content (AvgIpc) is 2.82. The van der Waals surface area contributed by atoms with E-state index < -0.39 is 0 Å². The van der Waals surface area contributed by atoms with Crippen molar-refractivity contribution in [1.82, 2.24) is 10.2 Å². The molecule has 17 heavy (non-hydrogen) atoms. The van der Waals surface area contributed by atoms with E-state index in [2.05, 4.69) is 5.32 Å². The van der Waals surface area contributed by atoms with Crippen molar-refractivity contribution < 1.29 is 9.53 Å². The summed E-state index contributed by atoms with van der Waals surface area (Å²) in [5, 5.41) is 2.99. The number of amides is 2. The SMILES string of the molecule is NC(=S)C1CCN(C(=O)NC2CCOC2)CC1. The van der Waals surface area contributed by atoms with E-state index in [0.29, 0.717) is 17.5 Å². The molecule has 0 radical (unpaired) electrons. The Morgan fingerprint density at radius 1 is 1.35 bits per heavy atom. The third-order valence-corrected chi connectivity index (χ3v) is 3.78. The first-order valence-corrected chi connectivity index (χ1v) is 6.50. The lowest BCUT2D eigenvalue weighted by atomic mass is 9.97. The molecule has 6 heteroatoms. The summed E-state index contributed by atoms with van der Waals surface area (Å²) in [7, 11) is 0. The average molecular weight is 257 g/mol. The van der Waals surface area contributed by atoms with Crippen LogP contribution in [0.4, 0.5) is 4.79 Å². The topological polar surface area (TPSA) is 67.6 Å². The van der Waals surface area contributed by atoms with Crippen LogP contribution in [0.3, 0.4) is 0 Å². The zero-order valence-electron chi connectivity index (χ0n) is 9.85. The standard InChI is InChI=1S/C11H19N3O2S/c12-10(17)8-1-4-14(5-2-8)11(15)13-9-3-6-16-7-9/h8-9H,1-7H2,(H2,12,17)(H,13,15). The minimum Gasteiger partial charge on any atom is -0.393 e. The van der Waals surface area contributed by atoms with Crippen molar-refractivity contribution in [3.05, 3.63) is 0 Å². The summed E-state index contributed by atoms with van der Waals surface area (Å²) in [6, 6.07) is 0.192. The highest BCUT2D eigenvalue weighted by molar-refractivity contribution is 7.80. The van der Waals surface area contributed by atoms with Gasteiger partial charge >= 0.3 is 6.03 Å². The fourth-order valence-electron chi connectivity index (χ4n) is 2.28. The van der Waals surface area contributed by atoms with Crippen LogP contribution in [0, 0.1) is 5.92 Å². The predicted octanol–water partition coefficient (Wildman–Crippen LogP) is 0.483. The Morgan fingerprint density at radius 3 is 2.59 bits per heavy atom. The summed E-state index contributed by atoms with van der Waals surface area (Å²) in [5.74, 6) is 0.295. The lowest BCUT2D eigenvalue weighted by Gasteiger charge is -2.32. The number of thiocarbonyl (C=S) groups is 1. The maximum Gasteiger partial charge on any atom is 0.317 e. The first-order chi connectivity index (χ1) is 8.16. The Labute approximate surface area is 107 Å². The molecule has 2 amide bonds. The summed E-state index contributed by atoms with van der Waals surface area (Å²) in [5.41, 5.74) is 5.62. The third-order valence-electron chi connectivity index (χ3n) is 3.44. The van der Waals surface area contributed by atoms with E-state index in [1.54, 1.807) is 0 Å². The molecule has 5 nitrogen and oxygen atoms in total. The predicted molar refractivity (Wildman–Crippen MR) is 68.8 cm³/mol. The highest BCUT2D eigenvalue weighted by Crippen LogP contribution is 2.17. The summed E-state index contributed by atoms with van der Waals surface area (Å²) in [6.45, 7) is 2.85. The molecule has 0 aromatic heterocycles. The molecule has 0 saturated carbocycles. The van der Waals surface area contributed by atoms with Gasteiger partial charge in [-0.2, -0.15) is 0 Å². The Kier molecular flexibility index (Phi) is 4.17. The smallest absolute Gasteiger partial charge is 0.317 e. The maximum atomic E-state index is 11.9. The van der Waals surface area contributed by atoms with Gasteiger partial charge < -0.3 is 20.7 Å². The summed E-state index contributed by atoms with van der Waals surface area (Å²) in [6.07, 6.45) is 2.67. The van der Waals surface area contributed by atoms with Gasteiger partial charge in [0.2, 0.25) is 0 Å². The molecule has 2 aliphatic rings. The number of nitrogens with two attached hydrogens (primary N) is 1. The van der Waals surface area contributed by atoms with Crippen molar-refractivity contribution in [1.29, 1.82) is 0 Å². The molecule has 0 spiro atoms. The zero-order valence-corrected chi connectivity index (χ0v) is 10.7. The number of hydrogen-bond acceptors (Lipinski definition) is 3. The second-order valence-corrected chi connectivity index (χ2v) is 5.15. The van der Waals surface area contributed by atoms with Gasteiger partial charge in [0.05, 0.1) is 17.6 Å². The monoisotopic (exact) mass is 257 g/mol. The van der Waals surface area contributed by atoms with Crippen molar-refractivity contribution in [3.63, 3.8) is 0 Å². The van der Waals surface area contributed by atoms with Crippen molar-refractivity contribution in [3.8, 4) is 0 Å². The van der Waals surface area contributed by atoms with Crippen molar-refractivity contribution in [2.45, 2.75) is 25.3 Å². The number of nitrogens with one attached hydrogen (secondary N) is 1. The molecule has 2 heterocycles. The molecule has 0 aromatic carbocycles. The van der Waals surface area contributed by atoms with E-state index in [4.69, 9.17) is 22.7 Å². The van der Waals surface area contributed by atoms with Crippen molar-refractivity contribution in [2.75, 3.05) is 26.3 Å². The van der Waals surface area contributed by atoms with Gasteiger partial charge in [-0.05, 0) is 19.3 Å². The minimum absolute atomic E-state index is 0.0156. The quantitative estimate of drug-likeness (QED) is 0.706. The Bertz CT molecular complexity index is 297.